The average Bonchev–Trinajstić information content (AvgIpc) is 3.29. The molecule has 0 radical (unpaired) electrons. The van der Waals surface area contributed by atoms with Gasteiger partial charge in [-0.05, 0) is 67.2 Å². The van der Waals surface area contributed by atoms with Gasteiger partial charge in [-0.25, -0.2) is 4.98 Å². The molecule has 0 atom stereocenters. The van der Waals surface area contributed by atoms with E-state index in [0.29, 0.717) is 0 Å². The van der Waals surface area contributed by atoms with E-state index in [2.05, 4.69) is 93.8 Å². The molecule has 0 amide bonds. The predicted octanol–water partition coefficient (Wildman–Crippen LogP) is 4.47. The van der Waals surface area contributed by atoms with Gasteiger partial charge < -0.3 is 9.31 Å². The van der Waals surface area contributed by atoms with Crippen molar-refractivity contribution < 1.29 is 9.31 Å². The minimum Gasteiger partial charge on any atom is -0.399 e. The Morgan fingerprint density at radius 1 is 0.912 bits per heavy atom. The molecule has 0 spiro atoms. The maximum absolute atomic E-state index is 6.36. The monoisotopic (exact) mass is 446 g/mol. The van der Waals surface area contributed by atoms with Gasteiger partial charge in [-0.1, -0.05) is 61.7 Å². The molecule has 0 N–H and O–H groups in total. The van der Waals surface area contributed by atoms with E-state index < -0.39 is 18.3 Å². The van der Waals surface area contributed by atoms with Crippen LogP contribution in [0.25, 0.3) is 51.0 Å². The molecule has 2 aromatic heterocycles. The van der Waals surface area contributed by atoms with Crippen LogP contribution in [0.4, 0.5) is 0 Å². The third-order valence-electron chi connectivity index (χ3n) is 7.48. The number of nitrogens with zero attached hydrogens (tertiary/aromatic N) is 2. The molecule has 6 rings (SSSR count). The maximum atomic E-state index is 6.36. The largest absolute Gasteiger partial charge is 0.494 e. The Bertz CT molecular complexity index is 1750. The lowest BCUT2D eigenvalue weighted by atomic mass is 9.78. The van der Waals surface area contributed by atoms with E-state index in [1.807, 2.05) is 18.2 Å². The average molecular weight is 446 g/mol. The first-order valence-corrected chi connectivity index (χ1v) is 11.6. The van der Waals surface area contributed by atoms with Crippen LogP contribution in [0.15, 0.2) is 67.3 Å². The van der Waals surface area contributed by atoms with Gasteiger partial charge in [0.05, 0.1) is 27.8 Å². The van der Waals surface area contributed by atoms with Gasteiger partial charge >= 0.3 is 7.12 Å². The summed E-state index contributed by atoms with van der Waals surface area (Å²) in [5.41, 5.74) is 4.27. The minimum atomic E-state index is -0.425. The van der Waals surface area contributed by atoms with Gasteiger partial charge in [0.2, 0.25) is 0 Å². The van der Waals surface area contributed by atoms with Gasteiger partial charge in [-0.3, -0.25) is 4.40 Å². The summed E-state index contributed by atoms with van der Waals surface area (Å²) in [5.74, 6) is 0. The summed E-state index contributed by atoms with van der Waals surface area (Å²) < 4.78 is 15.0. The lowest BCUT2D eigenvalue weighted by Crippen LogP contribution is -2.41. The van der Waals surface area contributed by atoms with Crippen molar-refractivity contribution in [3.63, 3.8) is 0 Å². The number of allylic oxidation sites excluding steroid dienone is 1. The lowest BCUT2D eigenvalue weighted by molar-refractivity contribution is 0.00578. The van der Waals surface area contributed by atoms with Gasteiger partial charge in [0.25, 0.3) is 0 Å². The van der Waals surface area contributed by atoms with Gasteiger partial charge in [0, 0.05) is 10.8 Å². The Labute approximate surface area is 199 Å². The van der Waals surface area contributed by atoms with E-state index in [0.717, 1.165) is 54.3 Å². The zero-order valence-electron chi connectivity index (χ0n) is 20.1. The molecule has 0 saturated carbocycles. The summed E-state index contributed by atoms with van der Waals surface area (Å²) in [4.78, 5) is 5.05. The van der Waals surface area contributed by atoms with Crippen LogP contribution in [-0.2, 0) is 9.31 Å². The minimum absolute atomic E-state index is 0.395. The maximum Gasteiger partial charge on any atom is 0.494 e. The van der Waals surface area contributed by atoms with E-state index in [4.69, 9.17) is 14.3 Å². The van der Waals surface area contributed by atoms with Crippen molar-refractivity contribution >= 4 is 63.6 Å². The van der Waals surface area contributed by atoms with E-state index in [1.165, 1.54) is 0 Å². The highest BCUT2D eigenvalue weighted by molar-refractivity contribution is 6.62. The molecule has 168 valence electrons. The molecule has 1 aliphatic heterocycles. The van der Waals surface area contributed by atoms with Crippen molar-refractivity contribution in [3.05, 3.63) is 77.7 Å². The van der Waals surface area contributed by atoms with Gasteiger partial charge in [0.15, 0.2) is 0 Å². The second kappa shape index (κ2) is 7.05. The number of benzene rings is 3. The lowest BCUT2D eigenvalue weighted by Gasteiger charge is -2.32. The summed E-state index contributed by atoms with van der Waals surface area (Å²) in [6.07, 6.45) is 3.83. The summed E-state index contributed by atoms with van der Waals surface area (Å²) in [6, 6.07) is 18.9. The van der Waals surface area contributed by atoms with Crippen molar-refractivity contribution in [2.45, 2.75) is 38.9 Å². The van der Waals surface area contributed by atoms with Crippen molar-refractivity contribution in [3.8, 4) is 0 Å². The van der Waals surface area contributed by atoms with Crippen LogP contribution in [0.3, 0.4) is 0 Å². The zero-order valence-corrected chi connectivity index (χ0v) is 20.1. The van der Waals surface area contributed by atoms with E-state index >= 15 is 0 Å². The highest BCUT2D eigenvalue weighted by Gasteiger charge is 2.51. The molecule has 0 aliphatic carbocycles. The Morgan fingerprint density at radius 2 is 1.65 bits per heavy atom. The summed E-state index contributed by atoms with van der Waals surface area (Å²) in [6.45, 7) is 16.6. The second-order valence-corrected chi connectivity index (χ2v) is 10.1. The van der Waals surface area contributed by atoms with Gasteiger partial charge in [-0.2, -0.15) is 0 Å². The van der Waals surface area contributed by atoms with Crippen LogP contribution < -0.4 is 15.9 Å². The Kier molecular flexibility index (Phi) is 4.38. The van der Waals surface area contributed by atoms with Crippen molar-refractivity contribution in [1.29, 1.82) is 0 Å². The summed E-state index contributed by atoms with van der Waals surface area (Å²) >= 11 is 0. The first-order valence-electron chi connectivity index (χ1n) is 11.6. The molecular formula is C29H27BN2O2. The number of para-hydroxylation sites is 2. The van der Waals surface area contributed by atoms with Crippen molar-refractivity contribution in [1.82, 2.24) is 9.38 Å². The standard InChI is InChI=1S/C29H27BN2O2/c1-7-10-20-18(2)13-15-21-22-17-19(30-33-28(3,4)29(5,6)34-30)14-16-24(22)32-25-12-9-8-11-23(25)31-27(32)26(20)21/h7-17H,1-2H2,3-6H3/b20-10+. The SMILES string of the molecule is C=C/C=c1\c(=C)ccc2c3cc(B4OC(C)(C)C(C)(C)O4)ccc3n3c4ccccc4nc3c12. The van der Waals surface area contributed by atoms with Crippen LogP contribution in [0.5, 0.6) is 0 Å². The highest BCUT2D eigenvalue weighted by Crippen LogP contribution is 2.37. The van der Waals surface area contributed by atoms with Gasteiger partial charge in [-0.15, -0.1) is 0 Å². The van der Waals surface area contributed by atoms with E-state index in [-0.39, 0.29) is 0 Å². The fraction of sp³-hybridized carbons (Fsp3) is 0.207. The third-order valence-corrected chi connectivity index (χ3v) is 7.48. The fourth-order valence-corrected chi connectivity index (χ4v) is 4.96. The zero-order chi connectivity index (χ0) is 23.8. The molecule has 3 heterocycles. The normalized spacial score (nSPS) is 18.0. The molecule has 4 nitrogen and oxygen atoms in total. The quantitative estimate of drug-likeness (QED) is 0.297. The summed E-state index contributed by atoms with van der Waals surface area (Å²) in [7, 11) is -0.425. The van der Waals surface area contributed by atoms with Crippen molar-refractivity contribution in [2.75, 3.05) is 0 Å². The molecule has 0 bridgehead atoms. The van der Waals surface area contributed by atoms with Crippen LogP contribution in [-0.4, -0.2) is 27.7 Å². The van der Waals surface area contributed by atoms with Gasteiger partial charge in [0.1, 0.15) is 5.65 Å². The first kappa shape index (κ1) is 21.1. The molecule has 1 saturated heterocycles. The Morgan fingerprint density at radius 3 is 2.38 bits per heavy atom. The molecule has 5 heteroatoms. The molecule has 3 aromatic carbocycles. The number of pyridine rings is 1. The summed E-state index contributed by atoms with van der Waals surface area (Å²) in [5, 5.41) is 5.30. The Balaban J connectivity index is 1.77. The van der Waals surface area contributed by atoms with Crippen LogP contribution >= 0.6 is 0 Å². The van der Waals surface area contributed by atoms with Crippen LogP contribution in [0, 0.1) is 0 Å². The van der Waals surface area contributed by atoms with Crippen LogP contribution in [0.1, 0.15) is 27.7 Å². The molecule has 0 unspecified atom stereocenters. The molecular weight excluding hydrogens is 419 g/mol. The Hall–Kier alpha value is -3.41. The van der Waals surface area contributed by atoms with E-state index in [1.54, 1.807) is 0 Å². The predicted molar refractivity (Wildman–Crippen MR) is 143 cm³/mol. The number of aromatic nitrogens is 2. The first-order chi connectivity index (χ1) is 16.2. The molecule has 1 fully saturated rings. The smallest absolute Gasteiger partial charge is 0.399 e. The highest BCUT2D eigenvalue weighted by atomic mass is 16.7. The number of imidazole rings is 1. The fourth-order valence-electron chi connectivity index (χ4n) is 4.96. The van der Waals surface area contributed by atoms with Crippen LogP contribution in [0.2, 0.25) is 0 Å². The number of hydrogen-bond donors (Lipinski definition) is 0. The molecule has 5 aromatic rings. The van der Waals surface area contributed by atoms with Crippen molar-refractivity contribution in [2.24, 2.45) is 0 Å². The topological polar surface area (TPSA) is 35.8 Å². The molecule has 1 aliphatic rings. The molecule has 34 heavy (non-hydrogen) atoms. The number of fused-ring (bicyclic) bond motifs is 8. The number of hydrogen-bond acceptors (Lipinski definition) is 3. The second-order valence-electron chi connectivity index (χ2n) is 10.1. The van der Waals surface area contributed by atoms with E-state index in [9.17, 15) is 0 Å². The third kappa shape index (κ3) is 2.84. The number of rotatable bonds is 2.